The molecule has 0 amide bonds. The molecule has 66 valence electrons. The summed E-state index contributed by atoms with van der Waals surface area (Å²) in [5, 5.41) is 13.0. The van der Waals surface area contributed by atoms with Crippen LogP contribution >= 0.6 is 0 Å². The number of nitrogens with one attached hydrogen (secondary N) is 1. The van der Waals surface area contributed by atoms with Crippen molar-refractivity contribution in [1.82, 2.24) is 5.32 Å². The Morgan fingerprint density at radius 1 is 1.64 bits per heavy atom. The van der Waals surface area contributed by atoms with Crippen molar-refractivity contribution in [3.05, 3.63) is 0 Å². The summed E-state index contributed by atoms with van der Waals surface area (Å²) in [6.07, 6.45) is 4.40. The van der Waals surface area contributed by atoms with Gasteiger partial charge in [-0.2, -0.15) is 0 Å². The molecule has 1 aliphatic rings. The molecule has 0 aromatic rings. The van der Waals surface area contributed by atoms with Crippen molar-refractivity contribution < 1.29 is 5.11 Å². The molecule has 0 saturated heterocycles. The van der Waals surface area contributed by atoms with Gasteiger partial charge in [0.2, 0.25) is 0 Å². The molecule has 2 unspecified atom stereocenters. The Balaban J connectivity index is 2.41. The number of likely N-dealkylation sites (N-methyl/N-ethyl adjacent to an activating group) is 1. The first-order valence-corrected chi connectivity index (χ1v) is 4.53. The molecule has 0 radical (unpaired) electrons. The topological polar surface area (TPSA) is 32.3 Å². The fourth-order valence-corrected chi connectivity index (χ4v) is 2.12. The Morgan fingerprint density at radius 3 is 2.91 bits per heavy atom. The van der Waals surface area contributed by atoms with Crippen molar-refractivity contribution in [3.63, 3.8) is 0 Å². The summed E-state index contributed by atoms with van der Waals surface area (Å²) in [4.78, 5) is 0. The van der Waals surface area contributed by atoms with Gasteiger partial charge in [-0.05, 0) is 25.8 Å². The van der Waals surface area contributed by atoms with E-state index < -0.39 is 5.60 Å². The average molecular weight is 157 g/mol. The molecule has 0 aliphatic heterocycles. The minimum atomic E-state index is -0.410. The molecule has 0 bridgehead atoms. The summed E-state index contributed by atoms with van der Waals surface area (Å²) in [6.45, 7) is 2.97. The van der Waals surface area contributed by atoms with E-state index >= 15 is 0 Å². The summed E-state index contributed by atoms with van der Waals surface area (Å²) in [5.41, 5.74) is -0.410. The maximum atomic E-state index is 9.98. The minimum Gasteiger partial charge on any atom is -0.389 e. The molecule has 1 aliphatic carbocycles. The number of hydrogen-bond donors (Lipinski definition) is 2. The lowest BCUT2D eigenvalue weighted by molar-refractivity contribution is -0.0102. The van der Waals surface area contributed by atoms with Gasteiger partial charge >= 0.3 is 0 Å². The molecule has 0 heterocycles. The maximum Gasteiger partial charge on any atom is 0.0774 e. The highest BCUT2D eigenvalue weighted by Gasteiger charge is 2.31. The lowest BCUT2D eigenvalue weighted by Gasteiger charge is -2.35. The highest BCUT2D eigenvalue weighted by atomic mass is 16.3. The van der Waals surface area contributed by atoms with Gasteiger partial charge in [0.05, 0.1) is 5.60 Å². The molecule has 11 heavy (non-hydrogen) atoms. The monoisotopic (exact) mass is 157 g/mol. The molecule has 0 aromatic carbocycles. The van der Waals surface area contributed by atoms with E-state index in [2.05, 4.69) is 12.2 Å². The largest absolute Gasteiger partial charge is 0.389 e. The SMILES string of the molecule is CNCC1(O)CCCC(C)C1. The molecule has 1 fully saturated rings. The second-order valence-electron chi connectivity index (χ2n) is 3.96. The van der Waals surface area contributed by atoms with Gasteiger partial charge in [-0.15, -0.1) is 0 Å². The summed E-state index contributed by atoms with van der Waals surface area (Å²) >= 11 is 0. The van der Waals surface area contributed by atoms with Crippen LogP contribution in [0.1, 0.15) is 32.6 Å². The van der Waals surface area contributed by atoms with Gasteiger partial charge in [0.1, 0.15) is 0 Å². The van der Waals surface area contributed by atoms with Gasteiger partial charge in [0.15, 0.2) is 0 Å². The van der Waals surface area contributed by atoms with Gasteiger partial charge in [0, 0.05) is 6.54 Å². The third-order valence-corrected chi connectivity index (χ3v) is 2.57. The molecule has 2 N–H and O–H groups in total. The maximum absolute atomic E-state index is 9.98. The van der Waals surface area contributed by atoms with Crippen LogP contribution in [0.3, 0.4) is 0 Å². The quantitative estimate of drug-likeness (QED) is 0.630. The Hall–Kier alpha value is -0.0800. The Morgan fingerprint density at radius 2 is 2.36 bits per heavy atom. The Bertz CT molecular complexity index is 123. The summed E-state index contributed by atoms with van der Waals surface area (Å²) in [7, 11) is 1.90. The zero-order chi connectivity index (χ0) is 8.32. The zero-order valence-electron chi connectivity index (χ0n) is 7.56. The van der Waals surface area contributed by atoms with Crippen molar-refractivity contribution in [1.29, 1.82) is 0 Å². The van der Waals surface area contributed by atoms with E-state index in [9.17, 15) is 5.11 Å². The third-order valence-electron chi connectivity index (χ3n) is 2.57. The number of aliphatic hydroxyl groups is 1. The highest BCUT2D eigenvalue weighted by molar-refractivity contribution is 4.86. The first-order chi connectivity index (χ1) is 5.16. The van der Waals surface area contributed by atoms with Crippen LogP contribution in [0.4, 0.5) is 0 Å². The first kappa shape index (κ1) is 9.01. The standard InChI is InChI=1S/C9H19NO/c1-8-4-3-5-9(11,6-8)7-10-2/h8,10-11H,3-7H2,1-2H3. The second kappa shape index (κ2) is 3.55. The second-order valence-corrected chi connectivity index (χ2v) is 3.96. The lowest BCUT2D eigenvalue weighted by Crippen LogP contribution is -2.42. The molecular formula is C9H19NO. The fraction of sp³-hybridized carbons (Fsp3) is 1.00. The highest BCUT2D eigenvalue weighted by Crippen LogP contribution is 2.31. The van der Waals surface area contributed by atoms with Gasteiger partial charge < -0.3 is 10.4 Å². The van der Waals surface area contributed by atoms with Gasteiger partial charge in [-0.1, -0.05) is 19.8 Å². The van der Waals surface area contributed by atoms with Crippen LogP contribution in [0, 0.1) is 5.92 Å². The number of rotatable bonds is 2. The lowest BCUT2D eigenvalue weighted by atomic mass is 9.79. The summed E-state index contributed by atoms with van der Waals surface area (Å²) in [6, 6.07) is 0. The predicted molar refractivity (Wildman–Crippen MR) is 46.5 cm³/mol. The molecular weight excluding hydrogens is 138 g/mol. The summed E-state index contributed by atoms with van der Waals surface area (Å²) < 4.78 is 0. The van der Waals surface area contributed by atoms with Crippen LogP contribution in [0.2, 0.25) is 0 Å². The predicted octanol–water partition coefficient (Wildman–Crippen LogP) is 1.15. The van der Waals surface area contributed by atoms with Crippen molar-refractivity contribution in [2.75, 3.05) is 13.6 Å². The van der Waals surface area contributed by atoms with Crippen LogP contribution < -0.4 is 5.32 Å². The van der Waals surface area contributed by atoms with E-state index in [0.29, 0.717) is 5.92 Å². The normalized spacial score (nSPS) is 39.0. The van der Waals surface area contributed by atoms with E-state index in [4.69, 9.17) is 0 Å². The van der Waals surface area contributed by atoms with Crippen LogP contribution in [0.25, 0.3) is 0 Å². The molecule has 1 saturated carbocycles. The molecule has 0 aromatic heterocycles. The molecule has 2 heteroatoms. The smallest absolute Gasteiger partial charge is 0.0774 e. The molecule has 1 rings (SSSR count). The van der Waals surface area contributed by atoms with Crippen LogP contribution in [-0.2, 0) is 0 Å². The van der Waals surface area contributed by atoms with E-state index in [0.717, 1.165) is 19.4 Å². The fourth-order valence-electron chi connectivity index (χ4n) is 2.12. The minimum absolute atomic E-state index is 0.410. The first-order valence-electron chi connectivity index (χ1n) is 4.53. The van der Waals surface area contributed by atoms with Crippen molar-refractivity contribution in [2.24, 2.45) is 5.92 Å². The van der Waals surface area contributed by atoms with Crippen molar-refractivity contribution in [3.8, 4) is 0 Å². The van der Waals surface area contributed by atoms with E-state index in [1.54, 1.807) is 0 Å². The zero-order valence-corrected chi connectivity index (χ0v) is 7.56. The summed E-state index contributed by atoms with van der Waals surface area (Å²) in [5.74, 6) is 0.696. The van der Waals surface area contributed by atoms with E-state index in [-0.39, 0.29) is 0 Å². The Kier molecular flexibility index (Phi) is 2.90. The van der Waals surface area contributed by atoms with Crippen molar-refractivity contribution >= 4 is 0 Å². The average Bonchev–Trinajstić information content (AvgIpc) is 1.86. The van der Waals surface area contributed by atoms with Gasteiger partial charge in [-0.3, -0.25) is 0 Å². The number of hydrogen-bond acceptors (Lipinski definition) is 2. The van der Waals surface area contributed by atoms with Crippen LogP contribution in [0.5, 0.6) is 0 Å². The molecule has 2 atom stereocenters. The molecule has 0 spiro atoms. The van der Waals surface area contributed by atoms with Crippen molar-refractivity contribution in [2.45, 2.75) is 38.2 Å². The molecule has 2 nitrogen and oxygen atoms in total. The third kappa shape index (κ3) is 2.46. The van der Waals surface area contributed by atoms with Gasteiger partial charge in [-0.25, -0.2) is 0 Å². The van der Waals surface area contributed by atoms with Gasteiger partial charge in [0.25, 0.3) is 0 Å². The van der Waals surface area contributed by atoms with Crippen LogP contribution in [0.15, 0.2) is 0 Å². The van der Waals surface area contributed by atoms with E-state index in [1.165, 1.54) is 12.8 Å². The van der Waals surface area contributed by atoms with Crippen LogP contribution in [-0.4, -0.2) is 24.3 Å². The Labute approximate surface area is 69.0 Å². The van der Waals surface area contributed by atoms with E-state index in [1.807, 2.05) is 7.05 Å².